The number of benzene rings is 1. The summed E-state index contributed by atoms with van der Waals surface area (Å²) >= 11 is 0. The van der Waals surface area contributed by atoms with Crippen LogP contribution in [-0.2, 0) is 9.53 Å². The first-order chi connectivity index (χ1) is 10.2. The smallest absolute Gasteiger partial charge is 0.323 e. The zero-order valence-corrected chi connectivity index (χ0v) is 11.6. The molecule has 112 valence electrons. The van der Waals surface area contributed by atoms with Gasteiger partial charge in [-0.2, -0.15) is 0 Å². The highest BCUT2D eigenvalue weighted by molar-refractivity contribution is 5.77. The van der Waals surface area contributed by atoms with Crippen LogP contribution in [0.5, 0.6) is 0 Å². The van der Waals surface area contributed by atoms with Crippen molar-refractivity contribution < 1.29 is 14.5 Å². The number of rotatable bonds is 3. The van der Waals surface area contributed by atoms with Crippen molar-refractivity contribution in [2.45, 2.75) is 12.5 Å². The molecule has 0 radical (unpaired) electrons. The minimum absolute atomic E-state index is 0.131. The summed E-state index contributed by atoms with van der Waals surface area (Å²) in [5.41, 5.74) is 0.780. The number of carbonyl (C=O) groups excluding carboxylic acids is 1. The van der Waals surface area contributed by atoms with Gasteiger partial charge in [0.15, 0.2) is 0 Å². The van der Waals surface area contributed by atoms with Crippen LogP contribution in [0.25, 0.3) is 0 Å². The Morgan fingerprint density at radius 1 is 1.19 bits per heavy atom. The molecule has 0 aromatic heterocycles. The van der Waals surface area contributed by atoms with Crippen LogP contribution in [0.2, 0.25) is 0 Å². The lowest BCUT2D eigenvalue weighted by molar-refractivity contribution is -0.384. The van der Waals surface area contributed by atoms with E-state index >= 15 is 0 Å². The van der Waals surface area contributed by atoms with E-state index in [2.05, 4.69) is 4.90 Å². The number of nitro groups is 1. The summed E-state index contributed by atoms with van der Waals surface area (Å²) in [6, 6.07) is 6.64. The SMILES string of the molecule is O=C1OCC[C@@H]1N1CCN(c2ccccc2[N+](=O)[O-])CC1. The Hall–Kier alpha value is -2.15. The van der Waals surface area contributed by atoms with Crippen molar-refractivity contribution in [2.24, 2.45) is 0 Å². The number of esters is 1. The van der Waals surface area contributed by atoms with E-state index in [1.807, 2.05) is 11.0 Å². The number of piperazine rings is 1. The summed E-state index contributed by atoms with van der Waals surface area (Å²) in [6.45, 7) is 3.27. The van der Waals surface area contributed by atoms with Crippen LogP contribution in [0.1, 0.15) is 6.42 Å². The van der Waals surface area contributed by atoms with E-state index in [0.717, 1.165) is 6.42 Å². The molecule has 21 heavy (non-hydrogen) atoms. The molecule has 2 aliphatic heterocycles. The third-order valence-electron chi connectivity index (χ3n) is 4.08. The van der Waals surface area contributed by atoms with Gasteiger partial charge in [-0.05, 0) is 6.07 Å². The predicted molar refractivity (Wildman–Crippen MR) is 76.2 cm³/mol. The van der Waals surface area contributed by atoms with Crippen molar-refractivity contribution in [3.8, 4) is 0 Å². The molecule has 2 heterocycles. The molecule has 0 spiro atoms. The summed E-state index contributed by atoms with van der Waals surface area (Å²) in [4.78, 5) is 26.5. The highest BCUT2D eigenvalue weighted by Crippen LogP contribution is 2.29. The maximum atomic E-state index is 11.6. The van der Waals surface area contributed by atoms with Crippen molar-refractivity contribution in [2.75, 3.05) is 37.7 Å². The molecule has 0 unspecified atom stereocenters. The van der Waals surface area contributed by atoms with Gasteiger partial charge in [0.2, 0.25) is 0 Å². The first kappa shape index (κ1) is 13.8. The Kier molecular flexibility index (Phi) is 3.74. The van der Waals surface area contributed by atoms with E-state index in [1.54, 1.807) is 12.1 Å². The maximum Gasteiger partial charge on any atom is 0.323 e. The predicted octanol–water partition coefficient (Wildman–Crippen LogP) is 1.03. The van der Waals surface area contributed by atoms with Gasteiger partial charge in [-0.25, -0.2) is 0 Å². The van der Waals surface area contributed by atoms with Crippen molar-refractivity contribution in [1.82, 2.24) is 4.90 Å². The number of hydrogen-bond donors (Lipinski definition) is 0. The number of carbonyl (C=O) groups is 1. The Balaban J connectivity index is 1.69. The Morgan fingerprint density at radius 3 is 2.52 bits per heavy atom. The lowest BCUT2D eigenvalue weighted by Crippen LogP contribution is -2.51. The van der Waals surface area contributed by atoms with Crippen molar-refractivity contribution in [3.63, 3.8) is 0 Å². The Bertz CT molecular complexity index is 555. The molecule has 0 aliphatic carbocycles. The van der Waals surface area contributed by atoms with Crippen LogP contribution in [-0.4, -0.2) is 54.6 Å². The second-order valence-corrected chi connectivity index (χ2v) is 5.24. The molecule has 7 heteroatoms. The summed E-state index contributed by atoms with van der Waals surface area (Å²) in [7, 11) is 0. The fraction of sp³-hybridized carbons (Fsp3) is 0.500. The zero-order chi connectivity index (χ0) is 14.8. The van der Waals surface area contributed by atoms with Crippen molar-refractivity contribution >= 4 is 17.3 Å². The van der Waals surface area contributed by atoms with Gasteiger partial charge in [-0.3, -0.25) is 19.8 Å². The standard InChI is InChI=1S/C14H17N3O4/c18-14-13(5-10-21-14)16-8-6-15(7-9-16)11-3-1-2-4-12(11)17(19)20/h1-4,13H,5-10H2/t13-/m0/s1. The fourth-order valence-corrected chi connectivity index (χ4v) is 2.98. The monoisotopic (exact) mass is 291 g/mol. The van der Waals surface area contributed by atoms with Crippen LogP contribution < -0.4 is 4.90 Å². The molecule has 0 N–H and O–H groups in total. The average molecular weight is 291 g/mol. The number of nitrogens with zero attached hydrogens (tertiary/aromatic N) is 3. The second kappa shape index (κ2) is 5.69. The zero-order valence-electron chi connectivity index (χ0n) is 11.6. The van der Waals surface area contributed by atoms with Crippen molar-refractivity contribution in [1.29, 1.82) is 0 Å². The number of ether oxygens (including phenoxy) is 1. The molecule has 1 aromatic rings. The van der Waals surface area contributed by atoms with E-state index < -0.39 is 0 Å². The maximum absolute atomic E-state index is 11.6. The first-order valence-electron chi connectivity index (χ1n) is 7.06. The number of hydrogen-bond acceptors (Lipinski definition) is 6. The lowest BCUT2D eigenvalue weighted by atomic mass is 10.1. The minimum Gasteiger partial charge on any atom is -0.464 e. The largest absolute Gasteiger partial charge is 0.464 e. The number of para-hydroxylation sites is 2. The van der Waals surface area contributed by atoms with Gasteiger partial charge in [0.25, 0.3) is 5.69 Å². The molecule has 0 bridgehead atoms. The van der Waals surface area contributed by atoms with E-state index in [1.165, 1.54) is 6.07 Å². The quantitative estimate of drug-likeness (QED) is 0.470. The van der Waals surface area contributed by atoms with Gasteiger partial charge in [-0.1, -0.05) is 12.1 Å². The molecule has 0 amide bonds. The number of cyclic esters (lactones) is 1. The van der Waals surface area contributed by atoms with E-state index in [9.17, 15) is 14.9 Å². The highest BCUT2D eigenvalue weighted by Gasteiger charge is 2.34. The van der Waals surface area contributed by atoms with Gasteiger partial charge in [0.05, 0.1) is 11.5 Å². The highest BCUT2D eigenvalue weighted by atomic mass is 16.6. The van der Waals surface area contributed by atoms with Crippen LogP contribution in [0.3, 0.4) is 0 Å². The summed E-state index contributed by atoms with van der Waals surface area (Å²) in [5.74, 6) is -0.144. The van der Waals surface area contributed by atoms with E-state index in [-0.39, 0.29) is 22.6 Å². The Morgan fingerprint density at radius 2 is 1.90 bits per heavy atom. The van der Waals surface area contributed by atoms with Gasteiger partial charge >= 0.3 is 5.97 Å². The third-order valence-corrected chi connectivity index (χ3v) is 4.08. The van der Waals surface area contributed by atoms with Crippen LogP contribution in [0.15, 0.2) is 24.3 Å². The number of nitro benzene ring substituents is 1. The minimum atomic E-state index is -0.351. The normalized spacial score (nSPS) is 23.1. The molecule has 2 fully saturated rings. The molecule has 0 saturated carbocycles. The molecule has 1 aromatic carbocycles. The van der Waals surface area contributed by atoms with Gasteiger partial charge in [0.1, 0.15) is 11.7 Å². The molecule has 2 saturated heterocycles. The molecule has 3 rings (SSSR count). The van der Waals surface area contributed by atoms with Crippen molar-refractivity contribution in [3.05, 3.63) is 34.4 Å². The first-order valence-corrected chi connectivity index (χ1v) is 7.06. The van der Waals surface area contributed by atoms with Gasteiger partial charge in [0, 0.05) is 38.7 Å². The van der Waals surface area contributed by atoms with Crippen LogP contribution in [0, 0.1) is 10.1 Å². The topological polar surface area (TPSA) is 75.9 Å². The molecule has 1 atom stereocenters. The average Bonchev–Trinajstić information content (AvgIpc) is 2.93. The fourth-order valence-electron chi connectivity index (χ4n) is 2.98. The van der Waals surface area contributed by atoms with Crippen LogP contribution in [0.4, 0.5) is 11.4 Å². The van der Waals surface area contributed by atoms with Gasteiger partial charge < -0.3 is 9.64 Å². The second-order valence-electron chi connectivity index (χ2n) is 5.24. The van der Waals surface area contributed by atoms with E-state index in [0.29, 0.717) is 38.5 Å². The molecule has 2 aliphatic rings. The molecular formula is C14H17N3O4. The lowest BCUT2D eigenvalue weighted by Gasteiger charge is -2.37. The number of anilines is 1. The van der Waals surface area contributed by atoms with Gasteiger partial charge in [-0.15, -0.1) is 0 Å². The molecule has 7 nitrogen and oxygen atoms in total. The van der Waals surface area contributed by atoms with Crippen LogP contribution >= 0.6 is 0 Å². The molecular weight excluding hydrogens is 274 g/mol. The summed E-state index contributed by atoms with van der Waals surface area (Å²) in [5, 5.41) is 11.1. The summed E-state index contributed by atoms with van der Waals surface area (Å²) < 4.78 is 5.00. The Labute approximate surface area is 122 Å². The third kappa shape index (κ3) is 2.69. The summed E-state index contributed by atoms with van der Waals surface area (Å²) in [6.07, 6.45) is 0.740. The van der Waals surface area contributed by atoms with E-state index in [4.69, 9.17) is 4.74 Å².